The van der Waals surface area contributed by atoms with E-state index in [1.165, 1.54) is 7.11 Å². The minimum atomic E-state index is -0.319. The average molecular weight is 565 g/mol. The van der Waals surface area contributed by atoms with E-state index in [1.807, 2.05) is 19.9 Å². The molecule has 0 radical (unpaired) electrons. The van der Waals surface area contributed by atoms with Crippen LogP contribution in [-0.2, 0) is 13.0 Å². The van der Waals surface area contributed by atoms with Crippen LogP contribution in [0.25, 0.3) is 33.1 Å². The van der Waals surface area contributed by atoms with Gasteiger partial charge in [0.05, 0.1) is 23.2 Å². The Hall–Kier alpha value is -3.40. The summed E-state index contributed by atoms with van der Waals surface area (Å²) in [4.78, 5) is 39.7. The molecule has 0 saturated carbocycles. The molecule has 0 aliphatic carbocycles. The van der Waals surface area contributed by atoms with E-state index in [4.69, 9.17) is 21.3 Å². The normalized spacial score (nSPS) is 14.7. The molecule has 212 valence electrons. The Labute approximate surface area is 239 Å². The highest BCUT2D eigenvalue weighted by molar-refractivity contribution is 6.36. The van der Waals surface area contributed by atoms with E-state index < -0.39 is 0 Å². The predicted octanol–water partition coefficient (Wildman–Crippen LogP) is 4.16. The zero-order valence-electron chi connectivity index (χ0n) is 23.6. The lowest BCUT2D eigenvalue weighted by molar-refractivity contribution is 0.0955. The molecule has 2 N–H and O–H groups in total. The fourth-order valence-electron chi connectivity index (χ4n) is 5.53. The first-order chi connectivity index (χ1) is 19.3. The second-order valence-corrected chi connectivity index (χ2v) is 10.7. The summed E-state index contributed by atoms with van der Waals surface area (Å²) >= 11 is 6.74. The fourth-order valence-corrected chi connectivity index (χ4v) is 5.83. The Bertz CT molecular complexity index is 1600. The second-order valence-electron chi connectivity index (χ2n) is 10.4. The molecular formula is C30H37ClN6O3. The smallest absolute Gasteiger partial charge is 0.258 e. The monoisotopic (exact) mass is 564 g/mol. The van der Waals surface area contributed by atoms with Crippen molar-refractivity contribution in [3.8, 4) is 16.9 Å². The molecule has 0 unspecified atom stereocenters. The van der Waals surface area contributed by atoms with Gasteiger partial charge in [-0.2, -0.15) is 0 Å². The molecule has 0 bridgehead atoms. The maximum absolute atomic E-state index is 13.9. The van der Waals surface area contributed by atoms with Gasteiger partial charge < -0.3 is 29.4 Å². The number of nitrogens with one attached hydrogen (secondary N) is 2. The number of methoxy groups -OCH3 is 1. The Morgan fingerprint density at radius 3 is 2.60 bits per heavy atom. The lowest BCUT2D eigenvalue weighted by Crippen LogP contribution is -2.44. The van der Waals surface area contributed by atoms with Gasteiger partial charge in [-0.3, -0.25) is 9.59 Å². The third kappa shape index (κ3) is 5.46. The summed E-state index contributed by atoms with van der Waals surface area (Å²) in [6.07, 6.45) is 3.76. The standard InChI is InChI=1S/C30H37ClN6O3/c1-5-32-29(38)24-17-21(40-4)16-22(26(24)31)23-14-19-18-33-28-25(27(19)37(6-2)30(23)39)15-20(34-28)8-7-9-36-12-10-35(3)11-13-36/h14-18H,5-13H2,1-4H3,(H,32,38)(H,33,34). The van der Waals surface area contributed by atoms with Gasteiger partial charge in [-0.15, -0.1) is 0 Å². The molecule has 1 aromatic carbocycles. The SMILES string of the molecule is CCNC(=O)c1cc(OC)cc(-c2cc3cnc4[nH]c(CCCN5CCN(C)CC5)cc4c3n(CC)c2=O)c1Cl. The van der Waals surface area contributed by atoms with Crippen molar-refractivity contribution < 1.29 is 9.53 Å². The van der Waals surface area contributed by atoms with Crippen LogP contribution >= 0.6 is 11.6 Å². The van der Waals surface area contributed by atoms with E-state index in [0.717, 1.165) is 73.2 Å². The number of carbonyl (C=O) groups excluding carboxylic acids is 1. The number of aromatic amines is 1. The number of carbonyl (C=O) groups is 1. The molecule has 0 spiro atoms. The molecule has 1 aliphatic rings. The van der Waals surface area contributed by atoms with Crippen LogP contribution < -0.4 is 15.6 Å². The van der Waals surface area contributed by atoms with Crippen LogP contribution in [0.1, 0.15) is 36.3 Å². The van der Waals surface area contributed by atoms with Gasteiger partial charge in [-0.05, 0) is 64.5 Å². The van der Waals surface area contributed by atoms with Crippen molar-refractivity contribution in [1.82, 2.24) is 29.7 Å². The molecule has 3 aromatic heterocycles. The second kappa shape index (κ2) is 12.0. The molecule has 1 fully saturated rings. The number of rotatable bonds is 9. The number of nitrogens with zero attached hydrogens (tertiary/aromatic N) is 4. The van der Waals surface area contributed by atoms with E-state index in [0.29, 0.717) is 30.0 Å². The largest absolute Gasteiger partial charge is 0.497 e. The lowest BCUT2D eigenvalue weighted by atomic mass is 10.0. The molecule has 5 rings (SSSR count). The van der Waals surface area contributed by atoms with Gasteiger partial charge >= 0.3 is 0 Å². The van der Waals surface area contributed by atoms with E-state index >= 15 is 0 Å². The Kier molecular flexibility index (Phi) is 8.44. The topological polar surface area (TPSA) is 95.5 Å². The van der Waals surface area contributed by atoms with Crippen LogP contribution in [0.5, 0.6) is 5.75 Å². The van der Waals surface area contributed by atoms with Gasteiger partial charge in [0.15, 0.2) is 0 Å². The number of H-pyrrole nitrogens is 1. The number of hydrogen-bond donors (Lipinski definition) is 2. The minimum Gasteiger partial charge on any atom is -0.497 e. The number of halogens is 1. The number of benzene rings is 1. The van der Waals surface area contributed by atoms with Crippen LogP contribution in [-0.4, -0.2) is 83.7 Å². The predicted molar refractivity (Wildman–Crippen MR) is 161 cm³/mol. The summed E-state index contributed by atoms with van der Waals surface area (Å²) in [5, 5.41) is 4.74. The Balaban J connectivity index is 1.53. The summed E-state index contributed by atoms with van der Waals surface area (Å²) in [6, 6.07) is 7.24. The molecule has 1 amide bonds. The summed E-state index contributed by atoms with van der Waals surface area (Å²) in [5.74, 6) is 0.128. The first-order valence-corrected chi connectivity index (χ1v) is 14.3. The number of aryl methyl sites for hydroxylation is 2. The molecule has 1 saturated heterocycles. The van der Waals surface area contributed by atoms with Gasteiger partial charge in [0, 0.05) is 73.1 Å². The summed E-state index contributed by atoms with van der Waals surface area (Å²) < 4.78 is 7.21. The quantitative estimate of drug-likeness (QED) is 0.317. The maximum atomic E-state index is 13.9. The fraction of sp³-hybridized carbons (Fsp3) is 0.433. The first-order valence-electron chi connectivity index (χ1n) is 14.0. The van der Waals surface area contributed by atoms with E-state index in [1.54, 1.807) is 22.9 Å². The molecule has 0 atom stereocenters. The molecule has 4 heterocycles. The minimum absolute atomic E-state index is 0.183. The van der Waals surface area contributed by atoms with Crippen molar-refractivity contribution in [2.24, 2.45) is 0 Å². The van der Waals surface area contributed by atoms with Gasteiger partial charge in [0.2, 0.25) is 0 Å². The Morgan fingerprint density at radius 2 is 1.90 bits per heavy atom. The molecule has 10 heteroatoms. The van der Waals surface area contributed by atoms with Crippen LogP contribution in [0.3, 0.4) is 0 Å². The molecule has 4 aromatic rings. The van der Waals surface area contributed by atoms with Gasteiger partial charge in [0.25, 0.3) is 11.5 Å². The van der Waals surface area contributed by atoms with E-state index in [-0.39, 0.29) is 22.1 Å². The number of aromatic nitrogens is 3. The zero-order chi connectivity index (χ0) is 28.4. The third-order valence-corrected chi connectivity index (χ3v) is 8.15. The third-order valence-electron chi connectivity index (χ3n) is 7.75. The van der Waals surface area contributed by atoms with Crippen LogP contribution in [0.15, 0.2) is 35.3 Å². The average Bonchev–Trinajstić information content (AvgIpc) is 3.37. The maximum Gasteiger partial charge on any atom is 0.258 e. The van der Waals surface area contributed by atoms with Crippen molar-refractivity contribution in [3.05, 3.63) is 57.1 Å². The van der Waals surface area contributed by atoms with Crippen molar-refractivity contribution in [1.29, 1.82) is 0 Å². The van der Waals surface area contributed by atoms with E-state index in [9.17, 15) is 9.59 Å². The summed E-state index contributed by atoms with van der Waals surface area (Å²) in [7, 11) is 3.70. The highest BCUT2D eigenvalue weighted by atomic mass is 35.5. The van der Waals surface area contributed by atoms with Crippen LogP contribution in [0, 0.1) is 0 Å². The Morgan fingerprint density at radius 1 is 1.12 bits per heavy atom. The number of piperazine rings is 1. The highest BCUT2D eigenvalue weighted by Gasteiger charge is 2.21. The number of amides is 1. The van der Waals surface area contributed by atoms with E-state index in [2.05, 4.69) is 33.2 Å². The van der Waals surface area contributed by atoms with Gasteiger partial charge in [0.1, 0.15) is 11.4 Å². The number of pyridine rings is 2. The lowest BCUT2D eigenvalue weighted by Gasteiger charge is -2.32. The molecule has 40 heavy (non-hydrogen) atoms. The summed E-state index contributed by atoms with van der Waals surface area (Å²) in [5.41, 5.74) is 3.66. The highest BCUT2D eigenvalue weighted by Crippen LogP contribution is 2.35. The number of fused-ring (bicyclic) bond motifs is 3. The number of ether oxygens (including phenoxy) is 1. The van der Waals surface area contributed by atoms with Crippen molar-refractivity contribution in [2.75, 3.05) is 53.4 Å². The summed E-state index contributed by atoms with van der Waals surface area (Å²) in [6.45, 7) is 10.2. The van der Waals surface area contributed by atoms with Crippen LogP contribution in [0.4, 0.5) is 0 Å². The number of likely N-dealkylation sites (N-methyl/N-ethyl adjacent to an activating group) is 1. The number of hydrogen-bond acceptors (Lipinski definition) is 6. The van der Waals surface area contributed by atoms with Gasteiger partial charge in [-0.1, -0.05) is 11.6 Å². The van der Waals surface area contributed by atoms with Crippen molar-refractivity contribution in [2.45, 2.75) is 33.2 Å². The van der Waals surface area contributed by atoms with Crippen molar-refractivity contribution in [3.63, 3.8) is 0 Å². The van der Waals surface area contributed by atoms with Crippen molar-refractivity contribution >= 4 is 39.4 Å². The zero-order valence-corrected chi connectivity index (χ0v) is 24.4. The molecular weight excluding hydrogens is 528 g/mol. The molecule has 9 nitrogen and oxygen atoms in total. The van der Waals surface area contributed by atoms with Gasteiger partial charge in [-0.25, -0.2) is 4.98 Å². The first kappa shape index (κ1) is 28.1. The van der Waals surface area contributed by atoms with Crippen LogP contribution in [0.2, 0.25) is 5.02 Å². The molecule has 1 aliphatic heterocycles.